The van der Waals surface area contributed by atoms with Crippen LogP contribution in [0.3, 0.4) is 0 Å². The lowest BCUT2D eigenvalue weighted by Crippen LogP contribution is -2.59. The molecule has 0 saturated carbocycles. The molecule has 4 rings (SSSR count). The summed E-state index contributed by atoms with van der Waals surface area (Å²) in [6.45, 7) is -1.53. The minimum Gasteiger partial charge on any atom is -0.394 e. The minimum absolute atomic E-state index is 0.0162. The summed E-state index contributed by atoms with van der Waals surface area (Å²) < 4.78 is 28.5. The first-order valence-electron chi connectivity index (χ1n) is 14.8. The Hall–Kier alpha value is -0.880. The third-order valence-corrected chi connectivity index (χ3v) is 7.68. The minimum atomic E-state index is -1.49. The zero-order chi connectivity index (χ0) is 36.9. The van der Waals surface area contributed by atoms with Crippen molar-refractivity contribution in [3.8, 4) is 0 Å². The predicted octanol–water partition coefficient (Wildman–Crippen LogP) is -9.52. The molecule has 4 fully saturated rings. The van der Waals surface area contributed by atoms with Crippen molar-refractivity contribution in [1.29, 1.82) is 0 Å². The van der Waals surface area contributed by atoms with Crippen LogP contribution in [0, 0.1) is 0 Å². The molecule has 22 heteroatoms. The number of aliphatic hydroxyl groups is 16. The fourth-order valence-electron chi connectivity index (χ4n) is 4.82. The van der Waals surface area contributed by atoms with Crippen LogP contribution in [0.1, 0.15) is 12.8 Å². The molecular formula is C26H52O22. The van der Waals surface area contributed by atoms with Crippen LogP contribution in [0.5, 0.6) is 0 Å². The topological polar surface area (TPSA) is 379 Å². The Kier molecular flexibility index (Phi) is 20.8. The molecular weight excluding hydrogens is 664 g/mol. The molecule has 4 heterocycles. The van der Waals surface area contributed by atoms with Crippen LogP contribution in [-0.4, -0.2) is 233 Å². The molecule has 4 aliphatic rings. The van der Waals surface area contributed by atoms with Crippen LogP contribution in [-0.2, 0) is 28.4 Å². The summed E-state index contributed by atoms with van der Waals surface area (Å²) in [5.41, 5.74) is 0. The van der Waals surface area contributed by atoms with Crippen molar-refractivity contribution in [3.05, 3.63) is 0 Å². The molecule has 18 unspecified atom stereocenters. The van der Waals surface area contributed by atoms with Crippen molar-refractivity contribution in [2.24, 2.45) is 0 Å². The molecule has 18 atom stereocenters. The third-order valence-electron chi connectivity index (χ3n) is 7.68. The highest BCUT2D eigenvalue weighted by atomic mass is 16.7. The zero-order valence-corrected chi connectivity index (χ0v) is 26.2. The molecule has 0 aromatic carbocycles. The number of hydrogen-bond donors (Lipinski definition) is 16. The van der Waals surface area contributed by atoms with Gasteiger partial charge in [0, 0.05) is 27.1 Å². The molecule has 0 aromatic rings. The molecule has 0 radical (unpaired) electrons. The molecule has 48 heavy (non-hydrogen) atoms. The van der Waals surface area contributed by atoms with Gasteiger partial charge in [-0.2, -0.15) is 0 Å². The maximum absolute atomic E-state index is 9.38. The summed E-state index contributed by atoms with van der Waals surface area (Å²) in [6, 6.07) is 0. The predicted molar refractivity (Wildman–Crippen MR) is 151 cm³/mol. The van der Waals surface area contributed by atoms with Gasteiger partial charge < -0.3 is 110 Å². The zero-order valence-electron chi connectivity index (χ0n) is 26.2. The second-order valence-corrected chi connectivity index (χ2v) is 11.1. The van der Waals surface area contributed by atoms with Gasteiger partial charge in [0.05, 0.1) is 44.7 Å². The number of rotatable bonds is 6. The van der Waals surface area contributed by atoms with E-state index < -0.39 is 124 Å². The van der Waals surface area contributed by atoms with E-state index in [-0.39, 0.29) is 26.1 Å². The summed E-state index contributed by atoms with van der Waals surface area (Å²) in [6.07, 6.45) is -19.8. The van der Waals surface area contributed by atoms with Crippen LogP contribution in [0.15, 0.2) is 0 Å². The Bertz CT molecular complexity index is 832. The van der Waals surface area contributed by atoms with Crippen LogP contribution < -0.4 is 0 Å². The van der Waals surface area contributed by atoms with Crippen LogP contribution in [0.25, 0.3) is 0 Å². The van der Waals surface area contributed by atoms with E-state index >= 15 is 0 Å². The van der Waals surface area contributed by atoms with Gasteiger partial charge in [-0.15, -0.1) is 0 Å². The highest BCUT2D eigenvalue weighted by Gasteiger charge is 2.45. The van der Waals surface area contributed by atoms with E-state index in [1.165, 1.54) is 14.2 Å². The normalized spacial score (nSPS) is 46.1. The van der Waals surface area contributed by atoms with Crippen molar-refractivity contribution in [3.63, 3.8) is 0 Å². The molecule has 4 saturated heterocycles. The van der Waals surface area contributed by atoms with Gasteiger partial charge in [0.15, 0.2) is 25.2 Å². The van der Waals surface area contributed by atoms with Gasteiger partial charge in [0.2, 0.25) is 0 Å². The van der Waals surface area contributed by atoms with Crippen LogP contribution in [0.2, 0.25) is 0 Å². The van der Waals surface area contributed by atoms with Gasteiger partial charge in [-0.1, -0.05) is 0 Å². The molecule has 22 nitrogen and oxygen atoms in total. The maximum atomic E-state index is 9.38. The van der Waals surface area contributed by atoms with Gasteiger partial charge in [-0.3, -0.25) is 0 Å². The van der Waals surface area contributed by atoms with E-state index in [4.69, 9.17) is 84.6 Å². The average molecular weight is 717 g/mol. The summed E-state index contributed by atoms with van der Waals surface area (Å²) in [5.74, 6) is 0. The molecule has 0 aromatic heterocycles. The van der Waals surface area contributed by atoms with Gasteiger partial charge in [-0.05, 0) is 0 Å². The average Bonchev–Trinajstić information content (AvgIpc) is 3.06. The van der Waals surface area contributed by atoms with Crippen LogP contribution in [0.4, 0.5) is 0 Å². The van der Waals surface area contributed by atoms with Crippen molar-refractivity contribution < 1.29 is 110 Å². The van der Waals surface area contributed by atoms with Crippen molar-refractivity contribution in [2.75, 3.05) is 40.6 Å². The van der Waals surface area contributed by atoms with E-state index in [1.54, 1.807) is 0 Å². The Morgan fingerprint density at radius 3 is 1.38 bits per heavy atom. The van der Waals surface area contributed by atoms with Crippen LogP contribution >= 0.6 is 0 Å². The van der Waals surface area contributed by atoms with E-state index in [0.717, 1.165) is 0 Å². The summed E-state index contributed by atoms with van der Waals surface area (Å²) in [7, 11) is 2.61. The van der Waals surface area contributed by atoms with E-state index in [2.05, 4.69) is 0 Å². The third kappa shape index (κ3) is 12.7. The van der Waals surface area contributed by atoms with Crippen molar-refractivity contribution in [2.45, 2.75) is 123 Å². The van der Waals surface area contributed by atoms with Gasteiger partial charge >= 0.3 is 0 Å². The second-order valence-electron chi connectivity index (χ2n) is 11.1. The lowest BCUT2D eigenvalue weighted by Gasteiger charge is -2.39. The lowest BCUT2D eigenvalue weighted by molar-refractivity contribution is -0.291. The van der Waals surface area contributed by atoms with E-state index in [9.17, 15) is 25.5 Å². The number of aliphatic hydroxyl groups excluding tert-OH is 16. The molecule has 0 bridgehead atoms. The van der Waals surface area contributed by atoms with Gasteiger partial charge in [0.1, 0.15) is 67.1 Å². The highest BCUT2D eigenvalue weighted by molar-refractivity contribution is 4.90. The first-order valence-corrected chi connectivity index (χ1v) is 14.8. The first-order chi connectivity index (χ1) is 22.5. The monoisotopic (exact) mass is 716 g/mol. The Morgan fingerprint density at radius 2 is 0.896 bits per heavy atom. The standard InChI is InChI=1S/2C7H14O6.2C6H12O5/c1-12-6-3(2-8)13-7(11)5(10)4(6)9;1-12-6-5(10)4(9)3(2-8)13-7(6)11;7-2-4-6(10)3(8)1-5(9)11-4;7-2-3-1-4(8)5(9)6(10)11-3/h2*3-11H,2H2,1H3;2*3-10H,1-2H2. The Balaban J connectivity index is 0.000000321. The Morgan fingerprint density at radius 1 is 0.438 bits per heavy atom. The fraction of sp³-hybridized carbons (Fsp3) is 1.00. The summed E-state index contributed by atoms with van der Waals surface area (Å²) in [4.78, 5) is 0. The highest BCUT2D eigenvalue weighted by Crippen LogP contribution is 2.23. The molecule has 0 spiro atoms. The van der Waals surface area contributed by atoms with Gasteiger partial charge in [0.25, 0.3) is 0 Å². The van der Waals surface area contributed by atoms with Gasteiger partial charge in [-0.25, -0.2) is 0 Å². The SMILES string of the molecule is COC1C(CO)OC(O)C(O)C1O.COC1C(O)OC(CO)C(O)C1O.OCC1CC(O)C(O)C(O)O1.OCC1OC(O)CC(O)C1O. The van der Waals surface area contributed by atoms with E-state index in [0.29, 0.717) is 0 Å². The number of ether oxygens (including phenoxy) is 6. The summed E-state index contributed by atoms with van der Waals surface area (Å²) >= 11 is 0. The molecule has 288 valence electrons. The summed E-state index contributed by atoms with van der Waals surface area (Å²) in [5, 5.41) is 144. The number of methoxy groups -OCH3 is 2. The number of hydrogen-bond acceptors (Lipinski definition) is 22. The largest absolute Gasteiger partial charge is 0.394 e. The second kappa shape index (κ2) is 22.1. The Labute approximate surface area is 274 Å². The smallest absolute Gasteiger partial charge is 0.184 e. The fourth-order valence-corrected chi connectivity index (χ4v) is 4.82. The van der Waals surface area contributed by atoms with Crippen molar-refractivity contribution in [1.82, 2.24) is 0 Å². The molecule has 0 amide bonds. The van der Waals surface area contributed by atoms with E-state index in [1.807, 2.05) is 0 Å². The quantitative estimate of drug-likeness (QED) is 0.121. The first kappa shape index (κ1) is 45.1. The molecule has 16 N–H and O–H groups in total. The molecule has 4 aliphatic heterocycles. The molecule has 0 aliphatic carbocycles. The lowest BCUT2D eigenvalue weighted by atomic mass is 9.99. The maximum Gasteiger partial charge on any atom is 0.184 e. The van der Waals surface area contributed by atoms with Crippen molar-refractivity contribution >= 4 is 0 Å².